The summed E-state index contributed by atoms with van der Waals surface area (Å²) in [6.45, 7) is -1.05. The molecule has 0 aliphatic rings. The zero-order valence-corrected chi connectivity index (χ0v) is 12.8. The maximum Gasteiger partial charge on any atom is 0.431 e. The van der Waals surface area contributed by atoms with Crippen LogP contribution in [0.3, 0.4) is 0 Å². The van der Waals surface area contributed by atoms with Gasteiger partial charge in [0.25, 0.3) is 11.5 Å². The standard InChI is InChI=1S/C15H15F3N2O5/c16-15(17,18)12-4-3-11(13(19)22)14(23)20(12)6-9(21)7-24-8-10-2-1-5-25-10/h1-5,9,21H,6-8H2,(H2,19,22)/t9-/m1/s1. The van der Waals surface area contributed by atoms with Gasteiger partial charge in [-0.05, 0) is 24.3 Å². The summed E-state index contributed by atoms with van der Waals surface area (Å²) in [5.74, 6) is -0.688. The highest BCUT2D eigenvalue weighted by atomic mass is 19.4. The SMILES string of the molecule is NC(=O)c1ccc(C(F)(F)F)n(C[C@@H](O)COCc2ccco2)c1=O. The number of rotatable bonds is 7. The third-order valence-corrected chi connectivity index (χ3v) is 3.26. The van der Waals surface area contributed by atoms with Crippen LogP contribution in [-0.2, 0) is 24.1 Å². The van der Waals surface area contributed by atoms with Crippen molar-refractivity contribution in [3.8, 4) is 0 Å². The molecule has 25 heavy (non-hydrogen) atoms. The summed E-state index contributed by atoms with van der Waals surface area (Å²) in [5, 5.41) is 9.88. The highest BCUT2D eigenvalue weighted by Gasteiger charge is 2.35. The number of aromatic nitrogens is 1. The zero-order chi connectivity index (χ0) is 18.6. The molecule has 0 aliphatic heterocycles. The Morgan fingerprint density at radius 1 is 1.36 bits per heavy atom. The van der Waals surface area contributed by atoms with Gasteiger partial charge in [0.05, 0.1) is 25.5 Å². The molecule has 0 saturated carbocycles. The van der Waals surface area contributed by atoms with Gasteiger partial charge in [0.1, 0.15) is 23.6 Å². The van der Waals surface area contributed by atoms with Crippen LogP contribution in [0.5, 0.6) is 0 Å². The van der Waals surface area contributed by atoms with Crippen molar-refractivity contribution < 1.29 is 32.2 Å². The lowest BCUT2D eigenvalue weighted by molar-refractivity contribution is -0.145. The Hall–Kier alpha value is -2.59. The number of amides is 1. The minimum atomic E-state index is -4.84. The van der Waals surface area contributed by atoms with E-state index < -0.39 is 41.5 Å². The van der Waals surface area contributed by atoms with Crippen molar-refractivity contribution in [1.29, 1.82) is 0 Å². The van der Waals surface area contributed by atoms with E-state index in [0.717, 1.165) is 0 Å². The molecule has 136 valence electrons. The number of hydrogen-bond acceptors (Lipinski definition) is 5. The number of nitrogens with two attached hydrogens (primary N) is 1. The van der Waals surface area contributed by atoms with Crippen LogP contribution in [-0.4, -0.2) is 28.3 Å². The van der Waals surface area contributed by atoms with E-state index >= 15 is 0 Å². The summed E-state index contributed by atoms with van der Waals surface area (Å²) < 4.78 is 49.5. The highest BCUT2D eigenvalue weighted by Crippen LogP contribution is 2.28. The molecule has 0 saturated heterocycles. The van der Waals surface area contributed by atoms with Crippen molar-refractivity contribution in [3.05, 3.63) is 57.9 Å². The fourth-order valence-corrected chi connectivity index (χ4v) is 2.15. The molecule has 0 aliphatic carbocycles. The minimum absolute atomic E-state index is 0.00636. The third kappa shape index (κ3) is 4.70. The summed E-state index contributed by atoms with van der Waals surface area (Å²) in [5.41, 5.74) is 1.85. The Kier molecular flexibility index (Phi) is 5.65. The maximum atomic E-state index is 13.0. The van der Waals surface area contributed by atoms with E-state index in [1.165, 1.54) is 6.26 Å². The zero-order valence-electron chi connectivity index (χ0n) is 12.8. The molecule has 10 heteroatoms. The number of carbonyl (C=O) groups is 1. The summed E-state index contributed by atoms with van der Waals surface area (Å²) in [6.07, 6.45) is -4.85. The lowest BCUT2D eigenvalue weighted by Crippen LogP contribution is -2.37. The van der Waals surface area contributed by atoms with E-state index in [4.69, 9.17) is 14.9 Å². The Morgan fingerprint density at radius 3 is 2.64 bits per heavy atom. The lowest BCUT2D eigenvalue weighted by atomic mass is 10.2. The van der Waals surface area contributed by atoms with Crippen molar-refractivity contribution in [3.63, 3.8) is 0 Å². The molecular formula is C15H15F3N2O5. The number of carbonyl (C=O) groups excluding carboxylic acids is 1. The minimum Gasteiger partial charge on any atom is -0.467 e. The molecule has 7 nitrogen and oxygen atoms in total. The number of alkyl halides is 3. The van der Waals surface area contributed by atoms with Crippen molar-refractivity contribution in [2.45, 2.75) is 25.4 Å². The molecule has 0 spiro atoms. The summed E-state index contributed by atoms with van der Waals surface area (Å²) in [6, 6.07) is 4.52. The second-order valence-electron chi connectivity index (χ2n) is 5.16. The molecule has 1 atom stereocenters. The second kappa shape index (κ2) is 7.53. The van der Waals surface area contributed by atoms with Crippen LogP contribution in [0.4, 0.5) is 13.2 Å². The number of hydrogen-bond donors (Lipinski definition) is 2. The van der Waals surface area contributed by atoms with Crippen LogP contribution < -0.4 is 11.3 Å². The molecule has 2 aromatic heterocycles. The van der Waals surface area contributed by atoms with Crippen molar-refractivity contribution in [1.82, 2.24) is 4.57 Å². The van der Waals surface area contributed by atoms with Crippen molar-refractivity contribution >= 4 is 5.91 Å². The largest absolute Gasteiger partial charge is 0.467 e. The van der Waals surface area contributed by atoms with Gasteiger partial charge in [0, 0.05) is 0 Å². The second-order valence-corrected chi connectivity index (χ2v) is 5.16. The number of primary amides is 1. The Bertz CT molecular complexity index is 783. The van der Waals surface area contributed by atoms with Gasteiger partial charge < -0.3 is 24.6 Å². The van der Waals surface area contributed by atoms with E-state index in [1.54, 1.807) is 12.1 Å². The summed E-state index contributed by atoms with van der Waals surface area (Å²) in [7, 11) is 0. The molecule has 2 heterocycles. The topological polar surface area (TPSA) is 108 Å². The Labute approximate surface area is 139 Å². The molecular weight excluding hydrogens is 345 g/mol. The van der Waals surface area contributed by atoms with Crippen LogP contribution in [0.25, 0.3) is 0 Å². The van der Waals surface area contributed by atoms with E-state index in [9.17, 15) is 27.9 Å². The van der Waals surface area contributed by atoms with Crippen LogP contribution >= 0.6 is 0 Å². The molecule has 0 bridgehead atoms. The van der Waals surface area contributed by atoms with Crippen molar-refractivity contribution in [2.24, 2.45) is 5.73 Å². The fourth-order valence-electron chi connectivity index (χ4n) is 2.15. The average Bonchev–Trinajstić information content (AvgIpc) is 3.01. The predicted octanol–water partition coefficient (Wildman–Crippen LogP) is 1.14. The molecule has 0 unspecified atom stereocenters. The first kappa shape index (κ1) is 18.7. The maximum absolute atomic E-state index is 13.0. The fraction of sp³-hybridized carbons (Fsp3) is 0.333. The Morgan fingerprint density at radius 2 is 2.08 bits per heavy atom. The molecule has 0 radical (unpaired) electrons. The van der Waals surface area contributed by atoms with Gasteiger partial charge in [0.15, 0.2) is 0 Å². The first-order valence-corrected chi connectivity index (χ1v) is 7.09. The smallest absolute Gasteiger partial charge is 0.431 e. The van der Waals surface area contributed by atoms with E-state index in [2.05, 4.69) is 0 Å². The first-order valence-electron chi connectivity index (χ1n) is 7.09. The number of aliphatic hydroxyl groups is 1. The molecule has 1 amide bonds. The quantitative estimate of drug-likeness (QED) is 0.770. The molecule has 0 aromatic carbocycles. The molecule has 3 N–H and O–H groups in total. The van der Waals surface area contributed by atoms with Gasteiger partial charge in [0.2, 0.25) is 0 Å². The number of ether oxygens (including phenoxy) is 1. The predicted molar refractivity (Wildman–Crippen MR) is 78.6 cm³/mol. The van der Waals surface area contributed by atoms with Gasteiger partial charge in [-0.15, -0.1) is 0 Å². The summed E-state index contributed by atoms with van der Waals surface area (Å²) >= 11 is 0. The van der Waals surface area contributed by atoms with Crippen molar-refractivity contribution in [2.75, 3.05) is 6.61 Å². The highest BCUT2D eigenvalue weighted by molar-refractivity contribution is 5.92. The average molecular weight is 360 g/mol. The summed E-state index contributed by atoms with van der Waals surface area (Å²) in [4.78, 5) is 23.2. The van der Waals surface area contributed by atoms with Crippen LogP contribution in [0.1, 0.15) is 21.8 Å². The van der Waals surface area contributed by atoms with Gasteiger partial charge in [-0.25, -0.2) is 0 Å². The van der Waals surface area contributed by atoms with E-state index in [1.807, 2.05) is 0 Å². The van der Waals surface area contributed by atoms with Crippen LogP contribution in [0, 0.1) is 0 Å². The number of nitrogens with zero attached hydrogens (tertiary/aromatic N) is 1. The third-order valence-electron chi connectivity index (χ3n) is 3.26. The van der Waals surface area contributed by atoms with Crippen LogP contribution in [0.15, 0.2) is 39.7 Å². The van der Waals surface area contributed by atoms with E-state index in [0.29, 0.717) is 17.9 Å². The number of halogens is 3. The first-order chi connectivity index (χ1) is 11.7. The Balaban J connectivity index is 2.16. The normalized spacial score (nSPS) is 13.0. The number of furan rings is 1. The van der Waals surface area contributed by atoms with E-state index in [-0.39, 0.29) is 17.8 Å². The monoisotopic (exact) mass is 360 g/mol. The number of aliphatic hydroxyl groups excluding tert-OH is 1. The molecule has 0 fully saturated rings. The molecule has 2 rings (SSSR count). The molecule has 2 aromatic rings. The van der Waals surface area contributed by atoms with Gasteiger partial charge in [-0.1, -0.05) is 0 Å². The number of pyridine rings is 1. The van der Waals surface area contributed by atoms with Gasteiger partial charge in [-0.2, -0.15) is 13.2 Å². The van der Waals surface area contributed by atoms with Gasteiger partial charge >= 0.3 is 6.18 Å². The lowest BCUT2D eigenvalue weighted by Gasteiger charge is -2.19. The van der Waals surface area contributed by atoms with Gasteiger partial charge in [-0.3, -0.25) is 9.59 Å². The van der Waals surface area contributed by atoms with Crippen LogP contribution in [0.2, 0.25) is 0 Å².